The van der Waals surface area contributed by atoms with Crippen LogP contribution in [0.5, 0.6) is 5.75 Å². The molecule has 0 radical (unpaired) electrons. The number of benzene rings is 2. The van der Waals surface area contributed by atoms with Crippen molar-refractivity contribution in [1.29, 1.82) is 0 Å². The third-order valence-electron chi connectivity index (χ3n) is 3.16. The van der Waals surface area contributed by atoms with Gasteiger partial charge >= 0.3 is 0 Å². The summed E-state index contributed by atoms with van der Waals surface area (Å²) in [7, 11) is -2.22. The molecular weight excluding hydrogens is 352 g/mol. The van der Waals surface area contributed by atoms with Crippen LogP contribution in [0.4, 0.5) is 0 Å². The number of halogens is 1. The Bertz CT molecular complexity index is 810. The highest BCUT2D eigenvalue weighted by atomic mass is 35.5. The lowest BCUT2D eigenvalue weighted by atomic mass is 10.2. The van der Waals surface area contributed by atoms with Crippen LogP contribution < -0.4 is 14.8 Å². The largest absolute Gasteiger partial charge is 0.482 e. The summed E-state index contributed by atoms with van der Waals surface area (Å²) in [4.78, 5) is 11.2. The molecular formula is C16H17ClN2O4S. The van der Waals surface area contributed by atoms with E-state index in [-0.39, 0.29) is 34.7 Å². The van der Waals surface area contributed by atoms with Crippen LogP contribution in [0, 0.1) is 0 Å². The van der Waals surface area contributed by atoms with Crippen LogP contribution in [0.15, 0.2) is 53.4 Å². The minimum atomic E-state index is -3.70. The maximum absolute atomic E-state index is 12.3. The molecule has 2 N–H and O–H groups in total. The number of hydrogen-bond donors (Lipinski definition) is 2. The quantitative estimate of drug-likeness (QED) is 0.782. The van der Waals surface area contributed by atoms with Gasteiger partial charge in [0.05, 0.1) is 9.92 Å². The van der Waals surface area contributed by atoms with Gasteiger partial charge in [0.15, 0.2) is 6.61 Å². The van der Waals surface area contributed by atoms with Crippen molar-refractivity contribution in [2.75, 3.05) is 13.7 Å². The predicted molar refractivity (Wildman–Crippen MR) is 91.5 cm³/mol. The van der Waals surface area contributed by atoms with Crippen molar-refractivity contribution < 1.29 is 17.9 Å². The topological polar surface area (TPSA) is 84.5 Å². The highest BCUT2D eigenvalue weighted by Crippen LogP contribution is 2.27. The second-order valence-electron chi connectivity index (χ2n) is 4.86. The van der Waals surface area contributed by atoms with E-state index in [0.29, 0.717) is 0 Å². The number of nitrogens with one attached hydrogen (secondary N) is 2. The molecule has 0 spiro atoms. The van der Waals surface area contributed by atoms with Crippen molar-refractivity contribution in [3.05, 3.63) is 59.1 Å². The van der Waals surface area contributed by atoms with Gasteiger partial charge in [0, 0.05) is 13.6 Å². The third kappa shape index (κ3) is 4.95. The predicted octanol–water partition coefficient (Wildman–Crippen LogP) is 1.94. The summed E-state index contributed by atoms with van der Waals surface area (Å²) < 4.78 is 32.3. The number of carbonyl (C=O) groups excluding carboxylic acids is 1. The zero-order valence-electron chi connectivity index (χ0n) is 13.0. The lowest BCUT2D eigenvalue weighted by Crippen LogP contribution is -2.25. The summed E-state index contributed by atoms with van der Waals surface area (Å²) in [5, 5.41) is 2.52. The summed E-state index contributed by atoms with van der Waals surface area (Å²) in [6.07, 6.45) is 0. The van der Waals surface area contributed by atoms with E-state index in [1.54, 1.807) is 0 Å². The van der Waals surface area contributed by atoms with E-state index in [9.17, 15) is 13.2 Å². The van der Waals surface area contributed by atoms with E-state index < -0.39 is 10.0 Å². The standard InChI is InChI=1S/C16H17ClN2O4S/c1-18-16(20)11-23-15-8-7-13(9-14(15)17)24(21,22)19-10-12-5-3-2-4-6-12/h2-9,19H,10-11H2,1H3,(H,18,20). The van der Waals surface area contributed by atoms with Gasteiger partial charge in [-0.3, -0.25) is 4.79 Å². The molecule has 2 rings (SSSR count). The Balaban J connectivity index is 2.07. The van der Waals surface area contributed by atoms with E-state index in [4.69, 9.17) is 16.3 Å². The second-order valence-corrected chi connectivity index (χ2v) is 7.04. The minimum Gasteiger partial charge on any atom is -0.482 e. The lowest BCUT2D eigenvalue weighted by molar-refractivity contribution is -0.122. The van der Waals surface area contributed by atoms with Crippen LogP contribution in [0.2, 0.25) is 5.02 Å². The molecule has 0 aliphatic rings. The first-order chi connectivity index (χ1) is 11.4. The van der Waals surface area contributed by atoms with Crippen LogP contribution in [-0.2, 0) is 21.4 Å². The van der Waals surface area contributed by atoms with E-state index in [1.807, 2.05) is 30.3 Å². The molecule has 24 heavy (non-hydrogen) atoms. The molecule has 0 fully saturated rings. The van der Waals surface area contributed by atoms with Gasteiger partial charge in [-0.1, -0.05) is 41.9 Å². The number of ether oxygens (including phenoxy) is 1. The van der Waals surface area contributed by atoms with Crippen molar-refractivity contribution in [3.8, 4) is 5.75 Å². The average Bonchev–Trinajstić information content (AvgIpc) is 2.59. The fraction of sp³-hybridized carbons (Fsp3) is 0.188. The molecule has 0 heterocycles. The molecule has 0 saturated heterocycles. The van der Waals surface area contributed by atoms with Gasteiger partial charge < -0.3 is 10.1 Å². The van der Waals surface area contributed by atoms with Crippen molar-refractivity contribution in [1.82, 2.24) is 10.0 Å². The molecule has 1 amide bonds. The van der Waals surface area contributed by atoms with Crippen molar-refractivity contribution >= 4 is 27.5 Å². The molecule has 0 aliphatic heterocycles. The SMILES string of the molecule is CNC(=O)COc1ccc(S(=O)(=O)NCc2ccccc2)cc1Cl. The first-order valence-electron chi connectivity index (χ1n) is 7.09. The second kappa shape index (κ2) is 8.14. The summed E-state index contributed by atoms with van der Waals surface area (Å²) >= 11 is 6.03. The number of carbonyl (C=O) groups is 1. The van der Waals surface area contributed by atoms with Gasteiger partial charge in [-0.25, -0.2) is 13.1 Å². The van der Waals surface area contributed by atoms with Gasteiger partial charge in [0.25, 0.3) is 5.91 Å². The highest BCUT2D eigenvalue weighted by molar-refractivity contribution is 7.89. The van der Waals surface area contributed by atoms with E-state index in [1.165, 1.54) is 25.2 Å². The zero-order valence-corrected chi connectivity index (χ0v) is 14.5. The van der Waals surface area contributed by atoms with Crippen LogP contribution in [0.3, 0.4) is 0 Å². The van der Waals surface area contributed by atoms with Crippen molar-refractivity contribution in [2.45, 2.75) is 11.4 Å². The van der Waals surface area contributed by atoms with Crippen molar-refractivity contribution in [2.24, 2.45) is 0 Å². The molecule has 0 bridgehead atoms. The molecule has 0 unspecified atom stereocenters. The minimum absolute atomic E-state index is 0.0238. The lowest BCUT2D eigenvalue weighted by Gasteiger charge is -2.10. The van der Waals surface area contributed by atoms with Gasteiger partial charge in [0.2, 0.25) is 10.0 Å². The van der Waals surface area contributed by atoms with Crippen LogP contribution in [0.25, 0.3) is 0 Å². The monoisotopic (exact) mass is 368 g/mol. The Morgan fingerprint density at radius 2 is 1.88 bits per heavy atom. The number of rotatable bonds is 7. The van der Waals surface area contributed by atoms with Gasteiger partial charge in [-0.2, -0.15) is 0 Å². The maximum atomic E-state index is 12.3. The Labute approximate surface area is 145 Å². The molecule has 0 aliphatic carbocycles. The first-order valence-corrected chi connectivity index (χ1v) is 8.95. The summed E-state index contributed by atoms with van der Waals surface area (Å²) in [6.45, 7) is -0.0235. The molecule has 128 valence electrons. The zero-order chi connectivity index (χ0) is 17.6. The van der Waals surface area contributed by atoms with Crippen LogP contribution in [0.1, 0.15) is 5.56 Å². The molecule has 2 aromatic carbocycles. The van der Waals surface area contributed by atoms with Crippen LogP contribution in [-0.4, -0.2) is 28.0 Å². The highest BCUT2D eigenvalue weighted by Gasteiger charge is 2.16. The number of likely N-dealkylation sites (N-methyl/N-ethyl adjacent to an activating group) is 1. The molecule has 0 atom stereocenters. The number of hydrogen-bond acceptors (Lipinski definition) is 4. The first kappa shape index (κ1) is 18.3. The number of sulfonamides is 1. The summed E-state index contributed by atoms with van der Waals surface area (Å²) in [6, 6.07) is 13.2. The summed E-state index contributed by atoms with van der Waals surface area (Å²) in [5.41, 5.74) is 0.845. The fourth-order valence-corrected chi connectivity index (χ4v) is 3.18. The van der Waals surface area contributed by atoms with Gasteiger partial charge in [-0.15, -0.1) is 0 Å². The molecule has 2 aromatic rings. The van der Waals surface area contributed by atoms with Gasteiger partial charge in [0.1, 0.15) is 5.75 Å². The average molecular weight is 369 g/mol. The molecule has 0 aromatic heterocycles. The molecule has 0 saturated carbocycles. The van der Waals surface area contributed by atoms with E-state index >= 15 is 0 Å². The molecule has 6 nitrogen and oxygen atoms in total. The third-order valence-corrected chi connectivity index (χ3v) is 4.85. The number of amides is 1. The van der Waals surface area contributed by atoms with E-state index in [0.717, 1.165) is 5.56 Å². The van der Waals surface area contributed by atoms with Crippen molar-refractivity contribution in [3.63, 3.8) is 0 Å². The van der Waals surface area contributed by atoms with E-state index in [2.05, 4.69) is 10.0 Å². The van der Waals surface area contributed by atoms with Gasteiger partial charge in [-0.05, 0) is 23.8 Å². The Morgan fingerprint density at radius 1 is 1.17 bits per heavy atom. The normalized spacial score (nSPS) is 11.1. The Hall–Kier alpha value is -2.09. The van der Waals surface area contributed by atoms with Crippen LogP contribution >= 0.6 is 11.6 Å². The fourth-order valence-electron chi connectivity index (χ4n) is 1.84. The Morgan fingerprint density at radius 3 is 2.50 bits per heavy atom. The maximum Gasteiger partial charge on any atom is 0.257 e. The molecule has 8 heteroatoms. The Kier molecular flexibility index (Phi) is 6.19. The smallest absolute Gasteiger partial charge is 0.257 e. The summed E-state index contributed by atoms with van der Waals surface area (Å²) in [5.74, 6) is -0.0745.